The van der Waals surface area contributed by atoms with E-state index in [2.05, 4.69) is 0 Å². The van der Waals surface area contributed by atoms with Crippen LogP contribution in [0.25, 0.3) is 0 Å². The maximum atomic E-state index is 13.0. The summed E-state index contributed by atoms with van der Waals surface area (Å²) in [5.74, 6) is -3.13. The molecular formula is C16H14F6N2O5S. The largest absolute Gasteiger partial charge is 0.493 e. The highest BCUT2D eigenvalue weighted by molar-refractivity contribution is 8.00. The molecule has 0 aromatic heterocycles. The van der Waals surface area contributed by atoms with Gasteiger partial charge in [0.1, 0.15) is 6.04 Å². The summed E-state index contributed by atoms with van der Waals surface area (Å²) in [6.45, 7) is -1.05. The Kier molecular flexibility index (Phi) is 6.81. The molecule has 1 atom stereocenters. The molecule has 0 spiro atoms. The Morgan fingerprint density at radius 1 is 1.17 bits per heavy atom. The average molecular weight is 460 g/mol. The second kappa shape index (κ2) is 8.63. The van der Waals surface area contributed by atoms with Crippen molar-refractivity contribution in [3.05, 3.63) is 29.3 Å². The van der Waals surface area contributed by atoms with Crippen LogP contribution in [-0.2, 0) is 4.79 Å². The molecule has 166 valence electrons. The Morgan fingerprint density at radius 3 is 2.27 bits per heavy atom. The number of hydrogen-bond donors (Lipinski definition) is 2. The Labute approximate surface area is 169 Å². The van der Waals surface area contributed by atoms with E-state index in [4.69, 9.17) is 14.7 Å². The minimum Gasteiger partial charge on any atom is -0.493 e. The van der Waals surface area contributed by atoms with E-state index in [1.807, 2.05) is 0 Å². The summed E-state index contributed by atoms with van der Waals surface area (Å²) in [6, 6.07) is -0.0893. The summed E-state index contributed by atoms with van der Waals surface area (Å²) in [7, 11) is 2.16. The van der Waals surface area contributed by atoms with Crippen LogP contribution in [0.2, 0.25) is 0 Å². The summed E-state index contributed by atoms with van der Waals surface area (Å²) in [5.41, 5.74) is -5.32. The number of thioether (sulfide) groups is 1. The number of hydroxylamine groups is 1. The van der Waals surface area contributed by atoms with Gasteiger partial charge >= 0.3 is 11.7 Å². The second-order valence-electron chi connectivity index (χ2n) is 5.80. The predicted octanol–water partition coefficient (Wildman–Crippen LogP) is 3.13. The lowest BCUT2D eigenvalue weighted by Gasteiger charge is -2.24. The summed E-state index contributed by atoms with van der Waals surface area (Å²) in [4.78, 5) is 24.4. The summed E-state index contributed by atoms with van der Waals surface area (Å²) < 4.78 is 87.6. The van der Waals surface area contributed by atoms with E-state index in [-0.39, 0.29) is 11.5 Å². The quantitative estimate of drug-likeness (QED) is 0.231. The van der Waals surface area contributed by atoms with E-state index in [1.165, 1.54) is 0 Å². The highest BCUT2D eigenvalue weighted by Crippen LogP contribution is 2.46. The molecule has 0 saturated carbocycles. The van der Waals surface area contributed by atoms with Gasteiger partial charge in [0.2, 0.25) is 0 Å². The molecule has 7 nitrogen and oxygen atoms in total. The number of amides is 2. The molecule has 1 aromatic carbocycles. The molecule has 0 unspecified atom stereocenters. The van der Waals surface area contributed by atoms with Gasteiger partial charge in [-0.15, -0.1) is 0 Å². The Bertz CT molecular complexity index is 871. The average Bonchev–Trinajstić information content (AvgIpc) is 3.10. The van der Waals surface area contributed by atoms with Gasteiger partial charge in [-0.1, -0.05) is 0 Å². The van der Waals surface area contributed by atoms with Gasteiger partial charge in [-0.2, -0.15) is 26.3 Å². The number of benzene rings is 1. The standard InChI is InChI=1S/C16H14F6N2O5S/c1-28-10-3-7(4-11(12(10)29-2)30-16(20,21)22)14(26)24-6-8(15(17,18)19)5-9(24)13(25)23-27/h3-5,9,27H,6H2,1-2H3,(H,23,25)/t9-/m1/s1. The van der Waals surface area contributed by atoms with Crippen LogP contribution in [0.4, 0.5) is 26.3 Å². The lowest BCUT2D eigenvalue weighted by atomic mass is 10.1. The first-order valence-electron chi connectivity index (χ1n) is 7.87. The third kappa shape index (κ3) is 5.11. The van der Waals surface area contributed by atoms with Crippen molar-refractivity contribution >= 4 is 23.6 Å². The molecule has 1 aliphatic heterocycles. The number of carbonyl (C=O) groups is 2. The summed E-state index contributed by atoms with van der Waals surface area (Å²) in [6.07, 6.45) is -4.42. The van der Waals surface area contributed by atoms with Crippen molar-refractivity contribution in [2.24, 2.45) is 0 Å². The molecule has 1 aliphatic rings. The van der Waals surface area contributed by atoms with E-state index in [9.17, 15) is 35.9 Å². The van der Waals surface area contributed by atoms with Crippen molar-refractivity contribution < 1.29 is 50.6 Å². The Morgan fingerprint density at radius 2 is 1.80 bits per heavy atom. The van der Waals surface area contributed by atoms with Crippen molar-refractivity contribution in [3.8, 4) is 11.5 Å². The number of halogens is 6. The maximum Gasteiger partial charge on any atom is 0.446 e. The SMILES string of the molecule is COc1cc(C(=O)N2CC(C(F)(F)F)=C[C@@H]2C(=O)NO)cc(SC(F)(F)F)c1OC. The zero-order chi connectivity index (χ0) is 22.9. The Balaban J connectivity index is 2.51. The van der Waals surface area contributed by atoms with Crippen molar-refractivity contribution in [1.82, 2.24) is 10.4 Å². The van der Waals surface area contributed by atoms with Gasteiger partial charge in [0.05, 0.1) is 31.2 Å². The number of rotatable bonds is 5. The lowest BCUT2D eigenvalue weighted by Crippen LogP contribution is -2.45. The van der Waals surface area contributed by atoms with E-state index in [0.29, 0.717) is 11.0 Å². The first-order valence-corrected chi connectivity index (χ1v) is 8.68. The number of nitrogens with zero attached hydrogens (tertiary/aromatic N) is 1. The van der Waals surface area contributed by atoms with Crippen LogP contribution >= 0.6 is 11.8 Å². The first-order chi connectivity index (χ1) is 13.8. The molecular weight excluding hydrogens is 446 g/mol. The van der Waals surface area contributed by atoms with Gasteiger partial charge in [0, 0.05) is 5.56 Å². The molecule has 0 fully saturated rings. The van der Waals surface area contributed by atoms with E-state index in [0.717, 1.165) is 31.8 Å². The fourth-order valence-electron chi connectivity index (χ4n) is 2.70. The smallest absolute Gasteiger partial charge is 0.446 e. The van der Waals surface area contributed by atoms with Gasteiger partial charge in [-0.3, -0.25) is 14.8 Å². The van der Waals surface area contributed by atoms with E-state index in [1.54, 1.807) is 0 Å². The van der Waals surface area contributed by atoms with Gasteiger partial charge in [0.25, 0.3) is 11.8 Å². The second-order valence-corrected chi connectivity index (χ2v) is 6.91. The number of methoxy groups -OCH3 is 2. The van der Waals surface area contributed by atoms with Gasteiger partial charge in [-0.25, -0.2) is 5.48 Å². The molecule has 0 aliphatic carbocycles. The van der Waals surface area contributed by atoms with Crippen LogP contribution in [0.1, 0.15) is 10.4 Å². The minimum atomic E-state index is -4.86. The van der Waals surface area contributed by atoms with E-state index >= 15 is 0 Å². The normalized spacial score (nSPS) is 16.9. The zero-order valence-electron chi connectivity index (χ0n) is 15.2. The highest BCUT2D eigenvalue weighted by atomic mass is 32.2. The number of carbonyl (C=O) groups excluding carboxylic acids is 2. The zero-order valence-corrected chi connectivity index (χ0v) is 16.0. The van der Waals surface area contributed by atoms with Crippen LogP contribution in [-0.4, -0.2) is 60.4 Å². The van der Waals surface area contributed by atoms with Crippen molar-refractivity contribution in [1.29, 1.82) is 0 Å². The monoisotopic (exact) mass is 460 g/mol. The van der Waals surface area contributed by atoms with Crippen LogP contribution < -0.4 is 15.0 Å². The predicted molar refractivity (Wildman–Crippen MR) is 90.3 cm³/mol. The minimum absolute atomic E-state index is 0.276. The number of hydrogen-bond acceptors (Lipinski definition) is 6. The lowest BCUT2D eigenvalue weighted by molar-refractivity contribution is -0.132. The molecule has 14 heteroatoms. The van der Waals surface area contributed by atoms with Crippen LogP contribution in [0.5, 0.6) is 11.5 Å². The molecule has 1 heterocycles. The third-order valence-electron chi connectivity index (χ3n) is 3.96. The van der Waals surface area contributed by atoms with Crippen molar-refractivity contribution in [2.45, 2.75) is 22.6 Å². The van der Waals surface area contributed by atoms with Gasteiger partial charge in [0.15, 0.2) is 11.5 Å². The molecule has 0 radical (unpaired) electrons. The van der Waals surface area contributed by atoms with Gasteiger partial charge < -0.3 is 14.4 Å². The highest BCUT2D eigenvalue weighted by Gasteiger charge is 2.44. The fraction of sp³-hybridized carbons (Fsp3) is 0.375. The maximum absolute atomic E-state index is 13.0. The molecule has 2 rings (SSSR count). The van der Waals surface area contributed by atoms with Gasteiger partial charge in [-0.05, 0) is 30.0 Å². The van der Waals surface area contributed by atoms with Crippen LogP contribution in [0.3, 0.4) is 0 Å². The summed E-state index contributed by atoms with van der Waals surface area (Å²) in [5, 5.41) is 8.76. The van der Waals surface area contributed by atoms with Crippen molar-refractivity contribution in [2.75, 3.05) is 20.8 Å². The molecule has 1 aromatic rings. The molecule has 2 amide bonds. The molecule has 0 bridgehead atoms. The molecule has 30 heavy (non-hydrogen) atoms. The van der Waals surface area contributed by atoms with E-state index < -0.39 is 63.9 Å². The first kappa shape index (κ1) is 23.7. The molecule has 0 saturated heterocycles. The number of ether oxygens (including phenoxy) is 2. The van der Waals surface area contributed by atoms with Crippen molar-refractivity contribution in [3.63, 3.8) is 0 Å². The topological polar surface area (TPSA) is 88.1 Å². The fourth-order valence-corrected chi connectivity index (χ4v) is 3.41. The van der Waals surface area contributed by atoms with Crippen LogP contribution in [0, 0.1) is 0 Å². The molecule has 2 N–H and O–H groups in total. The third-order valence-corrected chi connectivity index (χ3v) is 4.71. The Hall–Kier alpha value is -2.61. The number of alkyl halides is 6. The number of nitrogens with one attached hydrogen (secondary N) is 1. The van der Waals surface area contributed by atoms with Crippen LogP contribution in [0.15, 0.2) is 28.7 Å². The summed E-state index contributed by atoms with van der Waals surface area (Å²) >= 11 is -0.616.